The third kappa shape index (κ3) is 2.71. The van der Waals surface area contributed by atoms with Gasteiger partial charge in [-0.15, -0.1) is 0 Å². The van der Waals surface area contributed by atoms with Crippen LogP contribution in [0.5, 0.6) is 0 Å². The van der Waals surface area contributed by atoms with E-state index in [9.17, 15) is 4.79 Å². The van der Waals surface area contributed by atoms with Crippen LogP contribution in [0.3, 0.4) is 0 Å². The number of Topliss-reactive ketones (excluding diaryl/α,β-unsaturated/α-hetero) is 1. The number of aryl methyl sites for hydroxylation is 1. The summed E-state index contributed by atoms with van der Waals surface area (Å²) in [5.41, 5.74) is 4.60. The number of anilines is 1. The lowest BCUT2D eigenvalue weighted by atomic mass is 10.00. The van der Waals surface area contributed by atoms with Crippen molar-refractivity contribution in [1.29, 1.82) is 5.26 Å². The number of nitriles is 1. The molecule has 1 aromatic carbocycles. The predicted molar refractivity (Wildman–Crippen MR) is 85.0 cm³/mol. The number of ketones is 1. The van der Waals surface area contributed by atoms with Crippen molar-refractivity contribution in [3.63, 3.8) is 0 Å². The first kappa shape index (κ1) is 14.3. The summed E-state index contributed by atoms with van der Waals surface area (Å²) in [6.45, 7) is 2.78. The van der Waals surface area contributed by atoms with Crippen LogP contribution in [-0.2, 0) is 12.8 Å². The lowest BCUT2D eigenvalue weighted by molar-refractivity contribution is 0.0994. The summed E-state index contributed by atoms with van der Waals surface area (Å²) >= 11 is 0. The highest BCUT2D eigenvalue weighted by Crippen LogP contribution is 2.25. The Balaban J connectivity index is 1.94. The normalized spacial score (nSPS) is 12.8. The van der Waals surface area contributed by atoms with Gasteiger partial charge in [0.2, 0.25) is 0 Å². The maximum absolute atomic E-state index is 11.9. The van der Waals surface area contributed by atoms with Gasteiger partial charge >= 0.3 is 0 Å². The smallest absolute Gasteiger partial charge is 0.163 e. The summed E-state index contributed by atoms with van der Waals surface area (Å²) in [6.07, 6.45) is 3.70. The molecule has 0 saturated carbocycles. The second-order valence-electron chi connectivity index (χ2n) is 5.47. The van der Waals surface area contributed by atoms with Crippen molar-refractivity contribution in [1.82, 2.24) is 4.98 Å². The number of rotatable bonds is 4. The highest BCUT2D eigenvalue weighted by atomic mass is 16.1. The Hall–Kier alpha value is -2.67. The van der Waals surface area contributed by atoms with Crippen molar-refractivity contribution in [2.75, 3.05) is 11.9 Å². The molecule has 0 bridgehead atoms. The van der Waals surface area contributed by atoms with Gasteiger partial charge in [-0.2, -0.15) is 5.26 Å². The minimum atomic E-state index is 0.229. The second-order valence-corrected chi connectivity index (χ2v) is 5.47. The van der Waals surface area contributed by atoms with E-state index in [1.807, 2.05) is 25.1 Å². The van der Waals surface area contributed by atoms with Gasteiger partial charge in [0.1, 0.15) is 11.9 Å². The average molecular weight is 291 g/mol. The number of hydrogen-bond acceptors (Lipinski definition) is 4. The molecule has 1 aliphatic carbocycles. The second kappa shape index (κ2) is 5.98. The number of benzene rings is 1. The SMILES string of the molecule is CCNc1ncc(C#N)cc1Cc1ccc2c(c1)C(=O)CC2. The first-order chi connectivity index (χ1) is 10.7. The van der Waals surface area contributed by atoms with Crippen LogP contribution in [0.25, 0.3) is 0 Å². The van der Waals surface area contributed by atoms with E-state index in [0.717, 1.165) is 41.0 Å². The molecule has 22 heavy (non-hydrogen) atoms. The van der Waals surface area contributed by atoms with Crippen molar-refractivity contribution >= 4 is 11.6 Å². The van der Waals surface area contributed by atoms with Crippen LogP contribution in [0.1, 0.15) is 46.0 Å². The van der Waals surface area contributed by atoms with Crippen LogP contribution < -0.4 is 5.32 Å². The van der Waals surface area contributed by atoms with E-state index in [2.05, 4.69) is 22.4 Å². The Kier molecular flexibility index (Phi) is 3.88. The quantitative estimate of drug-likeness (QED) is 0.940. The molecule has 0 aliphatic heterocycles. The lowest BCUT2D eigenvalue weighted by Gasteiger charge is -2.11. The molecule has 4 heteroatoms. The zero-order chi connectivity index (χ0) is 15.5. The minimum absolute atomic E-state index is 0.229. The molecule has 0 amide bonds. The number of carbonyl (C=O) groups excluding carboxylic acids is 1. The molecule has 0 atom stereocenters. The van der Waals surface area contributed by atoms with Crippen molar-refractivity contribution in [2.24, 2.45) is 0 Å². The summed E-state index contributed by atoms with van der Waals surface area (Å²) in [4.78, 5) is 16.2. The number of pyridine rings is 1. The molecule has 0 spiro atoms. The molecule has 3 rings (SSSR count). The summed E-state index contributed by atoms with van der Waals surface area (Å²) in [7, 11) is 0. The highest BCUT2D eigenvalue weighted by Gasteiger charge is 2.19. The minimum Gasteiger partial charge on any atom is -0.370 e. The average Bonchev–Trinajstić information content (AvgIpc) is 2.90. The van der Waals surface area contributed by atoms with Crippen molar-refractivity contribution in [2.45, 2.75) is 26.2 Å². The van der Waals surface area contributed by atoms with E-state index < -0.39 is 0 Å². The number of carbonyl (C=O) groups is 1. The maximum atomic E-state index is 11.9. The Morgan fingerprint density at radius 2 is 2.18 bits per heavy atom. The number of nitrogens with zero attached hydrogens (tertiary/aromatic N) is 2. The molecule has 0 fully saturated rings. The number of aromatic nitrogens is 1. The highest BCUT2D eigenvalue weighted by molar-refractivity contribution is 6.00. The van der Waals surface area contributed by atoms with Gasteiger partial charge in [0.25, 0.3) is 0 Å². The molecule has 2 aromatic rings. The van der Waals surface area contributed by atoms with Gasteiger partial charge in [-0.1, -0.05) is 12.1 Å². The molecular formula is C18H17N3O. The van der Waals surface area contributed by atoms with E-state index in [4.69, 9.17) is 5.26 Å². The van der Waals surface area contributed by atoms with Crippen LogP contribution in [-0.4, -0.2) is 17.3 Å². The van der Waals surface area contributed by atoms with Gasteiger partial charge in [-0.3, -0.25) is 4.79 Å². The van der Waals surface area contributed by atoms with Gasteiger partial charge in [0.05, 0.1) is 5.56 Å². The molecule has 1 aromatic heterocycles. The molecule has 0 saturated heterocycles. The third-order valence-corrected chi connectivity index (χ3v) is 3.93. The predicted octanol–water partition coefficient (Wildman–Crippen LogP) is 3.10. The summed E-state index contributed by atoms with van der Waals surface area (Å²) in [5.74, 6) is 1.03. The standard InChI is InChI=1S/C18H17N3O/c1-2-20-18-15(8-13(10-19)11-21-18)7-12-3-4-14-5-6-17(22)16(14)9-12/h3-4,8-9,11H,2,5-7H2,1H3,(H,20,21). The Morgan fingerprint density at radius 1 is 1.32 bits per heavy atom. The van der Waals surface area contributed by atoms with Crippen LogP contribution in [0.2, 0.25) is 0 Å². The molecule has 110 valence electrons. The summed E-state index contributed by atoms with van der Waals surface area (Å²) in [6, 6.07) is 10.1. The van der Waals surface area contributed by atoms with E-state index in [1.54, 1.807) is 6.20 Å². The fourth-order valence-electron chi connectivity index (χ4n) is 2.85. The van der Waals surface area contributed by atoms with Gasteiger partial charge < -0.3 is 5.32 Å². The van der Waals surface area contributed by atoms with Crippen LogP contribution >= 0.6 is 0 Å². The van der Waals surface area contributed by atoms with Crippen LogP contribution in [0, 0.1) is 11.3 Å². The van der Waals surface area contributed by atoms with Crippen molar-refractivity contribution in [3.05, 3.63) is 58.3 Å². The number of nitrogens with one attached hydrogen (secondary N) is 1. The molecule has 4 nitrogen and oxygen atoms in total. The van der Waals surface area contributed by atoms with E-state index in [0.29, 0.717) is 18.4 Å². The molecule has 1 heterocycles. The summed E-state index contributed by atoms with van der Waals surface area (Å²) in [5, 5.41) is 12.3. The third-order valence-electron chi connectivity index (χ3n) is 3.93. The first-order valence-corrected chi connectivity index (χ1v) is 7.49. The fourth-order valence-corrected chi connectivity index (χ4v) is 2.85. The maximum Gasteiger partial charge on any atom is 0.163 e. The number of hydrogen-bond donors (Lipinski definition) is 1. The van der Waals surface area contributed by atoms with Crippen LogP contribution in [0.15, 0.2) is 30.5 Å². The molecular weight excluding hydrogens is 274 g/mol. The molecule has 1 aliphatic rings. The lowest BCUT2D eigenvalue weighted by Crippen LogP contribution is -2.05. The molecule has 1 N–H and O–H groups in total. The molecule has 0 unspecified atom stereocenters. The molecule has 0 radical (unpaired) electrons. The number of fused-ring (bicyclic) bond motifs is 1. The summed E-state index contributed by atoms with van der Waals surface area (Å²) < 4.78 is 0. The zero-order valence-corrected chi connectivity index (χ0v) is 12.5. The van der Waals surface area contributed by atoms with Crippen LogP contribution in [0.4, 0.5) is 5.82 Å². The van der Waals surface area contributed by atoms with Gasteiger partial charge in [-0.25, -0.2) is 4.98 Å². The van der Waals surface area contributed by atoms with Crippen molar-refractivity contribution < 1.29 is 4.79 Å². The Labute approximate surface area is 129 Å². The Morgan fingerprint density at radius 3 is 2.95 bits per heavy atom. The topological polar surface area (TPSA) is 65.8 Å². The van der Waals surface area contributed by atoms with Crippen molar-refractivity contribution in [3.8, 4) is 6.07 Å². The van der Waals surface area contributed by atoms with Gasteiger partial charge in [-0.05, 0) is 36.6 Å². The van der Waals surface area contributed by atoms with E-state index >= 15 is 0 Å². The Bertz CT molecular complexity index is 774. The van der Waals surface area contributed by atoms with E-state index in [-0.39, 0.29) is 5.78 Å². The largest absolute Gasteiger partial charge is 0.370 e. The van der Waals surface area contributed by atoms with E-state index in [1.165, 1.54) is 0 Å². The zero-order valence-electron chi connectivity index (χ0n) is 12.5. The first-order valence-electron chi connectivity index (χ1n) is 7.49. The monoisotopic (exact) mass is 291 g/mol. The van der Waals surface area contributed by atoms with Gasteiger partial charge in [0, 0.05) is 36.7 Å². The fraction of sp³-hybridized carbons (Fsp3) is 0.278. The van der Waals surface area contributed by atoms with Gasteiger partial charge in [0.15, 0.2) is 5.78 Å².